The molecule has 37 heavy (non-hydrogen) atoms. The minimum atomic E-state index is -0.551. The molecule has 0 aliphatic carbocycles. The summed E-state index contributed by atoms with van der Waals surface area (Å²) in [5.74, 6) is -0.105. The number of methoxy groups -OCH3 is 1. The topological polar surface area (TPSA) is 84.9 Å². The van der Waals surface area contributed by atoms with Crippen LogP contribution in [-0.2, 0) is 16.2 Å². The van der Waals surface area contributed by atoms with Gasteiger partial charge in [0.15, 0.2) is 11.5 Å². The Labute approximate surface area is 228 Å². The van der Waals surface area contributed by atoms with E-state index in [1.165, 1.54) is 7.11 Å². The molecular weight excluding hydrogens is 535 g/mol. The molecule has 0 unspecified atom stereocenters. The molecule has 0 bridgehead atoms. The van der Waals surface area contributed by atoms with Crippen molar-refractivity contribution in [3.8, 4) is 11.5 Å². The minimum absolute atomic E-state index is 0.197. The van der Waals surface area contributed by atoms with Gasteiger partial charge in [0.25, 0.3) is 11.1 Å². The monoisotopic (exact) mass is 556 g/mol. The van der Waals surface area contributed by atoms with Crippen molar-refractivity contribution in [2.75, 3.05) is 19.0 Å². The smallest absolute Gasteiger partial charge is 0.294 e. The number of nitrogens with zero attached hydrogens (tertiary/aromatic N) is 1. The summed E-state index contributed by atoms with van der Waals surface area (Å²) in [6.45, 7) is 1.69. The highest BCUT2D eigenvalue weighted by Crippen LogP contribution is 2.35. The number of hydrogen-bond acceptors (Lipinski definition) is 6. The van der Waals surface area contributed by atoms with E-state index >= 15 is 0 Å². The van der Waals surface area contributed by atoms with Gasteiger partial charge < -0.3 is 14.8 Å². The third kappa shape index (κ3) is 6.46. The number of rotatable bonds is 8. The summed E-state index contributed by atoms with van der Waals surface area (Å²) in [7, 11) is 1.51. The van der Waals surface area contributed by atoms with E-state index in [1.807, 2.05) is 25.1 Å². The van der Waals surface area contributed by atoms with Crippen molar-refractivity contribution in [2.24, 2.45) is 0 Å². The van der Waals surface area contributed by atoms with Gasteiger partial charge in [-0.3, -0.25) is 19.3 Å². The molecule has 4 rings (SSSR count). The number of thioether (sulfide) groups is 1. The second-order valence-corrected chi connectivity index (χ2v) is 9.88. The number of carbonyl (C=O) groups excluding carboxylic acids is 3. The first-order valence-electron chi connectivity index (χ1n) is 11.1. The van der Waals surface area contributed by atoms with Crippen LogP contribution in [0.4, 0.5) is 10.5 Å². The van der Waals surface area contributed by atoms with Gasteiger partial charge in [-0.1, -0.05) is 53.5 Å². The number of hydrogen-bond donors (Lipinski definition) is 1. The summed E-state index contributed by atoms with van der Waals surface area (Å²) in [5.41, 5.74) is 2.81. The molecule has 3 aromatic carbocycles. The highest BCUT2D eigenvalue weighted by molar-refractivity contribution is 8.18. The van der Waals surface area contributed by atoms with E-state index in [0.29, 0.717) is 32.8 Å². The van der Waals surface area contributed by atoms with Crippen molar-refractivity contribution in [3.63, 3.8) is 0 Å². The third-order valence-corrected chi connectivity index (χ3v) is 7.14. The molecule has 10 heteroatoms. The largest absolute Gasteiger partial charge is 0.493 e. The molecule has 0 atom stereocenters. The first-order valence-corrected chi connectivity index (χ1v) is 12.7. The van der Waals surface area contributed by atoms with Crippen LogP contribution in [0.1, 0.15) is 16.7 Å². The van der Waals surface area contributed by atoms with Gasteiger partial charge in [0.2, 0.25) is 5.91 Å². The summed E-state index contributed by atoms with van der Waals surface area (Å²) in [5, 5.41) is 3.23. The zero-order chi connectivity index (χ0) is 26.5. The Kier molecular flexibility index (Phi) is 8.43. The van der Waals surface area contributed by atoms with Crippen molar-refractivity contribution in [1.82, 2.24) is 4.90 Å². The zero-order valence-corrected chi connectivity index (χ0v) is 22.2. The summed E-state index contributed by atoms with van der Waals surface area (Å²) >= 11 is 13.0. The Morgan fingerprint density at radius 2 is 1.81 bits per heavy atom. The molecule has 1 saturated heterocycles. The summed E-state index contributed by atoms with van der Waals surface area (Å²) in [6, 6.07) is 17.6. The van der Waals surface area contributed by atoms with E-state index in [0.717, 1.165) is 27.8 Å². The Balaban J connectivity index is 1.43. The lowest BCUT2D eigenvalue weighted by Gasteiger charge is -2.13. The van der Waals surface area contributed by atoms with Crippen molar-refractivity contribution in [1.29, 1.82) is 0 Å². The van der Waals surface area contributed by atoms with E-state index in [2.05, 4.69) is 5.32 Å². The number of nitrogens with one attached hydrogen (secondary N) is 1. The summed E-state index contributed by atoms with van der Waals surface area (Å²) in [6.07, 6.45) is 1.57. The van der Waals surface area contributed by atoms with Gasteiger partial charge >= 0.3 is 0 Å². The van der Waals surface area contributed by atoms with Crippen LogP contribution in [0.3, 0.4) is 0 Å². The first-order chi connectivity index (χ1) is 17.7. The lowest BCUT2D eigenvalue weighted by Crippen LogP contribution is -2.36. The molecule has 0 aromatic heterocycles. The highest BCUT2D eigenvalue weighted by atomic mass is 35.5. The van der Waals surface area contributed by atoms with E-state index in [1.54, 1.807) is 48.5 Å². The van der Waals surface area contributed by atoms with Crippen LogP contribution in [0.15, 0.2) is 65.6 Å². The maximum absolute atomic E-state index is 12.9. The fourth-order valence-electron chi connectivity index (χ4n) is 3.47. The number of carbonyl (C=O) groups is 3. The Morgan fingerprint density at radius 1 is 1.03 bits per heavy atom. The average Bonchev–Trinajstić information content (AvgIpc) is 3.13. The second-order valence-electron chi connectivity index (χ2n) is 8.07. The predicted molar refractivity (Wildman–Crippen MR) is 146 cm³/mol. The summed E-state index contributed by atoms with van der Waals surface area (Å²) < 4.78 is 11.3. The molecular formula is C27H22Cl2N2O5S. The SMILES string of the molecule is COc1cc(/C=C2/SC(=O)N(CC(=O)Nc3ccc(C)c(Cl)c3)C2=O)ccc1OCc1ccccc1Cl. The quantitative estimate of drug-likeness (QED) is 0.316. The molecule has 7 nitrogen and oxygen atoms in total. The van der Waals surface area contributed by atoms with Crippen molar-refractivity contribution in [2.45, 2.75) is 13.5 Å². The van der Waals surface area contributed by atoms with E-state index in [9.17, 15) is 14.4 Å². The first kappa shape index (κ1) is 26.6. The van der Waals surface area contributed by atoms with Gasteiger partial charge in [-0.05, 0) is 66.2 Å². The molecule has 190 valence electrons. The number of ether oxygens (including phenoxy) is 2. The van der Waals surface area contributed by atoms with Crippen LogP contribution in [0.5, 0.6) is 11.5 Å². The van der Waals surface area contributed by atoms with Gasteiger partial charge in [0, 0.05) is 21.3 Å². The standard InChI is InChI=1S/C27H22Cl2N2O5S/c1-16-7-9-19(13-21(16)29)30-25(32)14-31-26(33)24(37-27(31)34)12-17-8-10-22(23(11-17)35-2)36-15-18-5-3-4-6-20(18)28/h3-13H,14-15H2,1-2H3,(H,30,32)/b24-12+. The molecule has 1 N–H and O–H groups in total. The number of imide groups is 1. The molecule has 1 fully saturated rings. The molecule has 3 aromatic rings. The molecule has 1 aliphatic heterocycles. The normalized spacial score (nSPS) is 14.3. The zero-order valence-electron chi connectivity index (χ0n) is 19.9. The number of halogens is 2. The van der Waals surface area contributed by atoms with Crippen LogP contribution in [0, 0.1) is 6.92 Å². The molecule has 3 amide bonds. The van der Waals surface area contributed by atoms with E-state index < -0.39 is 23.6 Å². The van der Waals surface area contributed by atoms with Gasteiger partial charge in [-0.2, -0.15) is 0 Å². The lowest BCUT2D eigenvalue weighted by molar-refractivity contribution is -0.127. The number of amides is 3. The van der Waals surface area contributed by atoms with Crippen LogP contribution in [0.25, 0.3) is 6.08 Å². The van der Waals surface area contributed by atoms with Crippen molar-refractivity contribution >= 4 is 63.8 Å². The molecule has 1 aliphatic rings. The molecule has 0 spiro atoms. The maximum atomic E-state index is 12.9. The number of aryl methyl sites for hydroxylation is 1. The number of benzene rings is 3. The van der Waals surface area contributed by atoms with Gasteiger partial charge in [0.05, 0.1) is 12.0 Å². The second kappa shape index (κ2) is 11.7. The van der Waals surface area contributed by atoms with Gasteiger partial charge in [-0.25, -0.2) is 0 Å². The minimum Gasteiger partial charge on any atom is -0.493 e. The predicted octanol–water partition coefficient (Wildman–Crippen LogP) is 6.56. The average molecular weight is 557 g/mol. The van der Waals surface area contributed by atoms with E-state index in [-0.39, 0.29) is 11.5 Å². The Bertz CT molecular complexity index is 1410. The van der Waals surface area contributed by atoms with Crippen LogP contribution < -0.4 is 14.8 Å². The Hall–Kier alpha value is -3.46. The Morgan fingerprint density at radius 3 is 2.54 bits per heavy atom. The molecule has 0 radical (unpaired) electrons. The van der Waals surface area contributed by atoms with E-state index in [4.69, 9.17) is 32.7 Å². The van der Waals surface area contributed by atoms with Crippen molar-refractivity contribution in [3.05, 3.63) is 92.3 Å². The highest BCUT2D eigenvalue weighted by Gasteiger charge is 2.36. The van der Waals surface area contributed by atoms with Gasteiger partial charge in [0.1, 0.15) is 13.2 Å². The lowest BCUT2D eigenvalue weighted by atomic mass is 10.1. The third-order valence-electron chi connectivity index (χ3n) is 5.46. The fourth-order valence-corrected chi connectivity index (χ4v) is 4.68. The molecule has 0 saturated carbocycles. The van der Waals surface area contributed by atoms with Gasteiger partial charge in [-0.15, -0.1) is 0 Å². The van der Waals surface area contributed by atoms with Crippen LogP contribution >= 0.6 is 35.0 Å². The van der Waals surface area contributed by atoms with Crippen LogP contribution in [0.2, 0.25) is 10.0 Å². The molecule has 1 heterocycles. The number of anilines is 1. The fraction of sp³-hybridized carbons (Fsp3) is 0.148. The maximum Gasteiger partial charge on any atom is 0.294 e. The van der Waals surface area contributed by atoms with Crippen LogP contribution in [-0.4, -0.2) is 35.6 Å². The summed E-state index contributed by atoms with van der Waals surface area (Å²) in [4.78, 5) is 38.9. The van der Waals surface area contributed by atoms with Crippen molar-refractivity contribution < 1.29 is 23.9 Å².